The first-order chi connectivity index (χ1) is 10.7. The third-order valence-electron chi connectivity index (χ3n) is 3.59. The summed E-state index contributed by atoms with van der Waals surface area (Å²) in [6.45, 7) is 5.79. The van der Waals surface area contributed by atoms with E-state index in [0.29, 0.717) is 32.9 Å². The number of hydrogen-bond acceptors (Lipinski definition) is 5. The first-order valence-electron chi connectivity index (χ1n) is 7.29. The molecule has 0 aromatic carbocycles. The minimum Gasteiger partial charge on any atom is -0.481 e. The molecule has 0 atom stereocenters. The Bertz CT molecular complexity index is 835. The summed E-state index contributed by atoms with van der Waals surface area (Å²) in [7, 11) is 0. The molecular formula is C15H19N3O4S. The van der Waals surface area contributed by atoms with E-state index in [-0.39, 0.29) is 24.4 Å². The van der Waals surface area contributed by atoms with Crippen LogP contribution in [-0.4, -0.2) is 26.5 Å². The highest BCUT2D eigenvalue weighted by molar-refractivity contribution is 7.20. The second-order valence-electron chi connectivity index (χ2n) is 5.68. The maximum Gasteiger partial charge on any atom is 0.303 e. The van der Waals surface area contributed by atoms with Crippen molar-refractivity contribution >= 4 is 33.4 Å². The fourth-order valence-electron chi connectivity index (χ4n) is 2.51. The minimum atomic E-state index is -0.902. The number of hydrogen-bond donors (Lipinski definition) is 2. The number of primary amides is 1. The van der Waals surface area contributed by atoms with Gasteiger partial charge in [-0.05, 0) is 18.9 Å². The number of aryl methyl sites for hydroxylation is 1. The second-order valence-corrected chi connectivity index (χ2v) is 6.68. The van der Waals surface area contributed by atoms with Gasteiger partial charge in [0, 0.05) is 18.9 Å². The van der Waals surface area contributed by atoms with Gasteiger partial charge >= 0.3 is 5.97 Å². The predicted octanol–water partition coefficient (Wildman–Crippen LogP) is 1.85. The van der Waals surface area contributed by atoms with E-state index in [1.54, 1.807) is 6.92 Å². The molecule has 7 nitrogen and oxygen atoms in total. The lowest BCUT2D eigenvalue weighted by molar-refractivity contribution is -0.137. The summed E-state index contributed by atoms with van der Waals surface area (Å²) < 4.78 is 1.51. The number of carboxylic acids is 1. The van der Waals surface area contributed by atoms with E-state index in [2.05, 4.69) is 4.98 Å². The summed E-state index contributed by atoms with van der Waals surface area (Å²) in [5.74, 6) is -0.893. The molecule has 2 aromatic heterocycles. The third kappa shape index (κ3) is 3.26. The minimum absolute atomic E-state index is 0.00337. The van der Waals surface area contributed by atoms with E-state index in [0.717, 1.165) is 11.3 Å². The molecule has 0 bridgehead atoms. The predicted molar refractivity (Wildman–Crippen MR) is 88.1 cm³/mol. The van der Waals surface area contributed by atoms with E-state index in [1.807, 2.05) is 13.8 Å². The van der Waals surface area contributed by atoms with Gasteiger partial charge in [-0.2, -0.15) is 0 Å². The summed E-state index contributed by atoms with van der Waals surface area (Å²) in [4.78, 5) is 40.3. The summed E-state index contributed by atoms with van der Waals surface area (Å²) in [6, 6.07) is 0. The largest absolute Gasteiger partial charge is 0.481 e. The Morgan fingerprint density at radius 3 is 2.57 bits per heavy atom. The standard InChI is InChI=1S/C15H19N3O4S/c1-7(2)13-17-14-10(8(3)11(23-14)12(16)21)15(22)18(13)6-4-5-9(19)20/h7H,4-6H2,1-3H3,(H2,16,21)(H,19,20). The fourth-order valence-corrected chi connectivity index (χ4v) is 3.54. The van der Waals surface area contributed by atoms with Crippen LogP contribution in [0.3, 0.4) is 0 Å². The molecule has 0 fully saturated rings. The van der Waals surface area contributed by atoms with Gasteiger partial charge in [0.05, 0.1) is 10.3 Å². The number of rotatable bonds is 6. The van der Waals surface area contributed by atoms with Gasteiger partial charge in [0.15, 0.2) is 0 Å². The Hall–Kier alpha value is -2.22. The summed E-state index contributed by atoms with van der Waals surface area (Å²) in [5.41, 5.74) is 5.64. The molecule has 2 aromatic rings. The van der Waals surface area contributed by atoms with Crippen molar-refractivity contribution in [1.29, 1.82) is 0 Å². The SMILES string of the molecule is Cc1c(C(N)=O)sc2nc(C(C)C)n(CCCC(=O)O)c(=O)c12. The van der Waals surface area contributed by atoms with Crippen molar-refractivity contribution in [2.75, 3.05) is 0 Å². The molecule has 2 heterocycles. The molecule has 0 saturated carbocycles. The summed E-state index contributed by atoms with van der Waals surface area (Å²) in [5, 5.41) is 9.16. The quantitative estimate of drug-likeness (QED) is 0.834. The van der Waals surface area contributed by atoms with Crippen LogP contribution in [0.15, 0.2) is 4.79 Å². The van der Waals surface area contributed by atoms with Crippen LogP contribution in [0.2, 0.25) is 0 Å². The van der Waals surface area contributed by atoms with Crippen molar-refractivity contribution in [2.24, 2.45) is 5.73 Å². The molecule has 2 rings (SSSR count). The molecule has 3 N–H and O–H groups in total. The molecule has 0 saturated heterocycles. The van der Waals surface area contributed by atoms with E-state index in [4.69, 9.17) is 10.8 Å². The number of fused-ring (bicyclic) bond motifs is 1. The molecule has 8 heteroatoms. The van der Waals surface area contributed by atoms with Gasteiger partial charge in [-0.25, -0.2) is 4.98 Å². The highest BCUT2D eigenvalue weighted by atomic mass is 32.1. The Balaban J connectivity index is 2.64. The number of nitrogens with two attached hydrogens (primary N) is 1. The lowest BCUT2D eigenvalue weighted by Crippen LogP contribution is -2.26. The average molecular weight is 337 g/mol. The number of nitrogens with zero attached hydrogens (tertiary/aromatic N) is 2. The van der Waals surface area contributed by atoms with Crippen molar-refractivity contribution in [1.82, 2.24) is 9.55 Å². The topological polar surface area (TPSA) is 115 Å². The van der Waals surface area contributed by atoms with E-state index >= 15 is 0 Å². The molecule has 124 valence electrons. The highest BCUT2D eigenvalue weighted by Gasteiger charge is 2.21. The van der Waals surface area contributed by atoms with Crippen LogP contribution in [0.4, 0.5) is 0 Å². The number of carbonyl (C=O) groups excluding carboxylic acids is 1. The number of aliphatic carboxylic acids is 1. The second kappa shape index (κ2) is 6.49. The van der Waals surface area contributed by atoms with E-state index in [9.17, 15) is 14.4 Å². The van der Waals surface area contributed by atoms with Gasteiger partial charge in [-0.1, -0.05) is 13.8 Å². The van der Waals surface area contributed by atoms with Crippen LogP contribution in [-0.2, 0) is 11.3 Å². The highest BCUT2D eigenvalue weighted by Crippen LogP contribution is 2.28. The van der Waals surface area contributed by atoms with Gasteiger partial charge in [-0.15, -0.1) is 11.3 Å². The fraction of sp³-hybridized carbons (Fsp3) is 0.467. The number of carbonyl (C=O) groups is 2. The first-order valence-corrected chi connectivity index (χ1v) is 8.11. The van der Waals surface area contributed by atoms with Crippen LogP contribution in [0.5, 0.6) is 0 Å². The zero-order chi connectivity index (χ0) is 17.3. The molecule has 1 amide bonds. The zero-order valence-corrected chi connectivity index (χ0v) is 14.1. The van der Waals surface area contributed by atoms with Gasteiger partial charge in [0.25, 0.3) is 11.5 Å². The Labute approximate surface area is 136 Å². The normalized spacial score (nSPS) is 11.3. The van der Waals surface area contributed by atoms with Crippen molar-refractivity contribution < 1.29 is 14.7 Å². The Morgan fingerprint density at radius 1 is 1.39 bits per heavy atom. The lowest BCUT2D eigenvalue weighted by atomic mass is 10.1. The zero-order valence-electron chi connectivity index (χ0n) is 13.3. The summed E-state index contributed by atoms with van der Waals surface area (Å²) >= 11 is 1.12. The van der Waals surface area contributed by atoms with Crippen LogP contribution in [0, 0.1) is 6.92 Å². The van der Waals surface area contributed by atoms with E-state index in [1.165, 1.54) is 4.57 Å². The number of thiophene rings is 1. The molecule has 0 spiro atoms. The molecule has 23 heavy (non-hydrogen) atoms. The smallest absolute Gasteiger partial charge is 0.303 e. The van der Waals surface area contributed by atoms with Crippen molar-refractivity contribution in [3.8, 4) is 0 Å². The number of amides is 1. The van der Waals surface area contributed by atoms with Crippen molar-refractivity contribution in [3.05, 3.63) is 26.6 Å². The number of carboxylic acid groups (broad SMARTS) is 1. The Morgan fingerprint density at radius 2 is 2.04 bits per heavy atom. The molecule has 0 aliphatic rings. The Kier molecular flexibility index (Phi) is 4.84. The van der Waals surface area contributed by atoms with E-state index < -0.39 is 11.9 Å². The lowest BCUT2D eigenvalue weighted by Gasteiger charge is -2.14. The monoisotopic (exact) mass is 337 g/mol. The maximum absolute atomic E-state index is 12.8. The van der Waals surface area contributed by atoms with Gasteiger partial charge in [0.2, 0.25) is 0 Å². The molecule has 0 radical (unpaired) electrons. The number of aromatic nitrogens is 2. The maximum atomic E-state index is 12.8. The van der Waals surface area contributed by atoms with Crippen LogP contribution >= 0.6 is 11.3 Å². The van der Waals surface area contributed by atoms with Crippen LogP contribution in [0.1, 0.15) is 53.7 Å². The van der Waals surface area contributed by atoms with Crippen LogP contribution in [0.25, 0.3) is 10.2 Å². The third-order valence-corrected chi connectivity index (χ3v) is 4.79. The average Bonchev–Trinajstić information content (AvgIpc) is 2.78. The molecular weight excluding hydrogens is 318 g/mol. The molecule has 0 aliphatic carbocycles. The molecule has 0 unspecified atom stereocenters. The van der Waals surface area contributed by atoms with Crippen LogP contribution < -0.4 is 11.3 Å². The van der Waals surface area contributed by atoms with Crippen molar-refractivity contribution in [3.63, 3.8) is 0 Å². The first kappa shape index (κ1) is 17.1. The molecule has 0 aliphatic heterocycles. The summed E-state index contributed by atoms with van der Waals surface area (Å²) in [6.07, 6.45) is 0.325. The van der Waals surface area contributed by atoms with Gasteiger partial charge < -0.3 is 10.8 Å². The van der Waals surface area contributed by atoms with Gasteiger partial charge in [0.1, 0.15) is 10.7 Å². The van der Waals surface area contributed by atoms with Gasteiger partial charge in [-0.3, -0.25) is 19.0 Å². The van der Waals surface area contributed by atoms with Crippen molar-refractivity contribution in [2.45, 2.75) is 46.1 Å².